The van der Waals surface area contributed by atoms with Crippen LogP contribution in [0.3, 0.4) is 0 Å². The van der Waals surface area contributed by atoms with Gasteiger partial charge >= 0.3 is 0 Å². The summed E-state index contributed by atoms with van der Waals surface area (Å²) in [6.07, 6.45) is 0. The van der Waals surface area contributed by atoms with Crippen LogP contribution in [-0.4, -0.2) is 57.9 Å². The van der Waals surface area contributed by atoms with Crippen molar-refractivity contribution in [2.75, 3.05) is 41.0 Å². The summed E-state index contributed by atoms with van der Waals surface area (Å²) < 4.78 is 16.0. The number of carbonyl (C=O) groups is 1. The SMILES string of the molecule is COc1cc(C)c(CN(C)C(=O)C2COCCN2)cc1OC. The summed E-state index contributed by atoms with van der Waals surface area (Å²) in [4.78, 5) is 14.1. The quantitative estimate of drug-likeness (QED) is 0.878. The average Bonchev–Trinajstić information content (AvgIpc) is 2.56. The fourth-order valence-electron chi connectivity index (χ4n) is 2.52. The van der Waals surface area contributed by atoms with Crippen molar-refractivity contribution in [3.05, 3.63) is 23.3 Å². The van der Waals surface area contributed by atoms with Crippen molar-refractivity contribution < 1.29 is 19.0 Å². The van der Waals surface area contributed by atoms with Crippen molar-refractivity contribution in [3.63, 3.8) is 0 Å². The van der Waals surface area contributed by atoms with Crippen LogP contribution in [0, 0.1) is 6.92 Å². The highest BCUT2D eigenvalue weighted by atomic mass is 16.5. The van der Waals surface area contributed by atoms with Gasteiger partial charge in [-0.3, -0.25) is 4.79 Å². The Morgan fingerprint density at radius 1 is 1.36 bits per heavy atom. The zero-order valence-corrected chi connectivity index (χ0v) is 13.6. The molecule has 1 aromatic rings. The molecule has 1 fully saturated rings. The number of morpholine rings is 1. The van der Waals surface area contributed by atoms with Crippen LogP contribution in [0.2, 0.25) is 0 Å². The number of likely N-dealkylation sites (N-methyl/N-ethyl adjacent to an activating group) is 1. The van der Waals surface area contributed by atoms with Crippen LogP contribution in [0.4, 0.5) is 0 Å². The lowest BCUT2D eigenvalue weighted by Gasteiger charge is -2.28. The second-order valence-corrected chi connectivity index (χ2v) is 5.41. The normalized spacial score (nSPS) is 17.9. The maximum atomic E-state index is 12.4. The van der Waals surface area contributed by atoms with Crippen LogP contribution in [0.1, 0.15) is 11.1 Å². The van der Waals surface area contributed by atoms with Crippen LogP contribution in [0.15, 0.2) is 12.1 Å². The molecule has 0 aromatic heterocycles. The minimum absolute atomic E-state index is 0.0360. The third kappa shape index (κ3) is 3.69. The van der Waals surface area contributed by atoms with Gasteiger partial charge in [0.05, 0.1) is 27.4 Å². The second-order valence-electron chi connectivity index (χ2n) is 5.41. The first-order chi connectivity index (χ1) is 10.6. The number of aryl methyl sites for hydroxylation is 1. The molecule has 1 heterocycles. The summed E-state index contributed by atoms with van der Waals surface area (Å²) in [6.45, 7) is 4.30. The molecule has 0 bridgehead atoms. The zero-order valence-electron chi connectivity index (χ0n) is 13.6. The molecule has 122 valence electrons. The summed E-state index contributed by atoms with van der Waals surface area (Å²) in [5.41, 5.74) is 2.09. The van der Waals surface area contributed by atoms with Gasteiger partial charge in [0.2, 0.25) is 5.91 Å². The minimum atomic E-state index is -0.265. The second kappa shape index (κ2) is 7.47. The van der Waals surface area contributed by atoms with E-state index in [4.69, 9.17) is 14.2 Å². The Morgan fingerprint density at radius 3 is 2.64 bits per heavy atom. The molecule has 1 N–H and O–H groups in total. The number of nitrogens with zero attached hydrogens (tertiary/aromatic N) is 1. The molecule has 22 heavy (non-hydrogen) atoms. The van der Waals surface area contributed by atoms with E-state index in [1.54, 1.807) is 26.2 Å². The van der Waals surface area contributed by atoms with Gasteiger partial charge in [0, 0.05) is 20.1 Å². The molecule has 1 aliphatic heterocycles. The third-order valence-electron chi connectivity index (χ3n) is 3.85. The van der Waals surface area contributed by atoms with E-state index in [0.29, 0.717) is 37.8 Å². The Labute approximate surface area is 131 Å². The molecule has 0 aliphatic carbocycles. The lowest BCUT2D eigenvalue weighted by atomic mass is 10.1. The summed E-state index contributed by atoms with van der Waals surface area (Å²) in [7, 11) is 5.02. The molecule has 0 saturated carbocycles. The van der Waals surface area contributed by atoms with Gasteiger partial charge < -0.3 is 24.4 Å². The number of amides is 1. The van der Waals surface area contributed by atoms with Crippen LogP contribution in [0.25, 0.3) is 0 Å². The highest BCUT2D eigenvalue weighted by molar-refractivity contribution is 5.82. The number of methoxy groups -OCH3 is 2. The molecule has 1 amide bonds. The molecule has 1 aliphatic rings. The van der Waals surface area contributed by atoms with Gasteiger partial charge in [-0.25, -0.2) is 0 Å². The first-order valence-electron chi connectivity index (χ1n) is 7.34. The maximum absolute atomic E-state index is 12.4. The van der Waals surface area contributed by atoms with E-state index < -0.39 is 0 Å². The average molecular weight is 308 g/mol. The van der Waals surface area contributed by atoms with Crippen molar-refractivity contribution in [2.45, 2.75) is 19.5 Å². The standard InChI is InChI=1S/C16H24N2O4/c1-11-7-14(20-3)15(21-4)8-12(11)9-18(2)16(19)13-10-22-6-5-17-13/h7-8,13,17H,5-6,9-10H2,1-4H3. The van der Waals surface area contributed by atoms with E-state index in [1.165, 1.54) is 0 Å². The predicted octanol–water partition coefficient (Wildman–Crippen LogP) is 0.959. The molecule has 1 unspecified atom stereocenters. The van der Waals surface area contributed by atoms with E-state index in [2.05, 4.69) is 5.32 Å². The molecule has 1 atom stereocenters. The number of benzene rings is 1. The fourth-order valence-corrected chi connectivity index (χ4v) is 2.52. The lowest BCUT2D eigenvalue weighted by Crippen LogP contribution is -2.51. The summed E-state index contributed by atoms with van der Waals surface area (Å²) in [5.74, 6) is 1.40. The summed E-state index contributed by atoms with van der Waals surface area (Å²) in [5, 5.41) is 3.18. The predicted molar refractivity (Wildman–Crippen MR) is 83.4 cm³/mol. The highest BCUT2D eigenvalue weighted by Crippen LogP contribution is 2.30. The fraction of sp³-hybridized carbons (Fsp3) is 0.562. The van der Waals surface area contributed by atoms with E-state index in [0.717, 1.165) is 11.1 Å². The van der Waals surface area contributed by atoms with Crippen molar-refractivity contribution >= 4 is 5.91 Å². The zero-order chi connectivity index (χ0) is 16.1. The Bertz CT molecular complexity index is 527. The first-order valence-corrected chi connectivity index (χ1v) is 7.34. The van der Waals surface area contributed by atoms with Gasteiger partial charge in [-0.15, -0.1) is 0 Å². The summed E-state index contributed by atoms with van der Waals surface area (Å²) >= 11 is 0. The van der Waals surface area contributed by atoms with Crippen molar-refractivity contribution in [1.29, 1.82) is 0 Å². The van der Waals surface area contributed by atoms with Crippen molar-refractivity contribution in [2.24, 2.45) is 0 Å². The van der Waals surface area contributed by atoms with E-state index in [1.807, 2.05) is 19.1 Å². The van der Waals surface area contributed by atoms with Gasteiger partial charge in [-0.05, 0) is 30.2 Å². The minimum Gasteiger partial charge on any atom is -0.493 e. The highest BCUT2D eigenvalue weighted by Gasteiger charge is 2.24. The Kier molecular flexibility index (Phi) is 5.63. The van der Waals surface area contributed by atoms with Crippen LogP contribution < -0.4 is 14.8 Å². The molecule has 6 heteroatoms. The molecule has 6 nitrogen and oxygen atoms in total. The maximum Gasteiger partial charge on any atom is 0.242 e. The molecule has 0 spiro atoms. The number of nitrogens with one attached hydrogen (secondary N) is 1. The first kappa shape index (κ1) is 16.6. The Morgan fingerprint density at radius 2 is 2.05 bits per heavy atom. The molecule has 1 saturated heterocycles. The number of carbonyl (C=O) groups excluding carboxylic acids is 1. The number of ether oxygens (including phenoxy) is 3. The van der Waals surface area contributed by atoms with E-state index >= 15 is 0 Å². The number of hydrogen-bond donors (Lipinski definition) is 1. The molecular formula is C16H24N2O4. The topological polar surface area (TPSA) is 60.0 Å². The van der Waals surface area contributed by atoms with Gasteiger partial charge in [0.25, 0.3) is 0 Å². The number of rotatable bonds is 5. The lowest BCUT2D eigenvalue weighted by molar-refractivity contribution is -0.135. The summed E-state index contributed by atoms with van der Waals surface area (Å²) in [6, 6.07) is 3.58. The Hall–Kier alpha value is -1.79. The molecule has 1 aromatic carbocycles. The molecular weight excluding hydrogens is 284 g/mol. The molecule has 2 rings (SSSR count). The number of hydrogen-bond acceptors (Lipinski definition) is 5. The molecule has 0 radical (unpaired) electrons. The largest absolute Gasteiger partial charge is 0.493 e. The van der Waals surface area contributed by atoms with Crippen LogP contribution in [0.5, 0.6) is 11.5 Å². The van der Waals surface area contributed by atoms with Gasteiger partial charge in [-0.2, -0.15) is 0 Å². The van der Waals surface area contributed by atoms with Gasteiger partial charge in [0.15, 0.2) is 11.5 Å². The van der Waals surface area contributed by atoms with Crippen LogP contribution in [-0.2, 0) is 16.1 Å². The van der Waals surface area contributed by atoms with Crippen LogP contribution >= 0.6 is 0 Å². The van der Waals surface area contributed by atoms with Crippen molar-refractivity contribution in [3.8, 4) is 11.5 Å². The monoisotopic (exact) mass is 308 g/mol. The van der Waals surface area contributed by atoms with E-state index in [-0.39, 0.29) is 11.9 Å². The van der Waals surface area contributed by atoms with E-state index in [9.17, 15) is 4.79 Å². The van der Waals surface area contributed by atoms with Crippen molar-refractivity contribution in [1.82, 2.24) is 10.2 Å². The Balaban J connectivity index is 2.10. The third-order valence-corrected chi connectivity index (χ3v) is 3.85. The van der Waals surface area contributed by atoms with Gasteiger partial charge in [0.1, 0.15) is 6.04 Å². The van der Waals surface area contributed by atoms with Gasteiger partial charge in [-0.1, -0.05) is 0 Å². The smallest absolute Gasteiger partial charge is 0.242 e.